The van der Waals surface area contributed by atoms with Crippen LogP contribution in [0.4, 0.5) is 0 Å². The Labute approximate surface area is 99.0 Å². The predicted molar refractivity (Wildman–Crippen MR) is 60.8 cm³/mol. The fourth-order valence-electron chi connectivity index (χ4n) is 0.967. The second kappa shape index (κ2) is 5.11. The summed E-state index contributed by atoms with van der Waals surface area (Å²) < 4.78 is 0.833. The van der Waals surface area contributed by atoms with E-state index in [9.17, 15) is 4.79 Å². The Kier molecular flexibility index (Phi) is 4.37. The van der Waals surface area contributed by atoms with E-state index >= 15 is 0 Å². The number of rotatable bonds is 4. The summed E-state index contributed by atoms with van der Waals surface area (Å²) in [4.78, 5) is 11.2. The number of halogens is 2. The first-order valence-electron chi connectivity index (χ1n) is 3.93. The molecule has 1 aromatic rings. The lowest BCUT2D eigenvalue weighted by atomic mass is 10.1. The minimum atomic E-state index is -0.831. The van der Waals surface area contributed by atoms with Crippen LogP contribution in [0.15, 0.2) is 9.85 Å². The molecule has 0 saturated carbocycles. The number of carboxylic acid groups (broad SMARTS) is 1. The predicted octanol–water partition coefficient (Wildman–Crippen LogP) is 3.03. The van der Waals surface area contributed by atoms with Crippen molar-refractivity contribution in [2.24, 2.45) is 5.73 Å². The van der Waals surface area contributed by atoms with Gasteiger partial charge >= 0.3 is 5.97 Å². The monoisotopic (exact) mass is 297 g/mol. The average Bonchev–Trinajstić information content (AvgIpc) is 2.43. The van der Waals surface area contributed by atoms with Gasteiger partial charge < -0.3 is 10.8 Å². The Morgan fingerprint density at radius 2 is 2.43 bits per heavy atom. The summed E-state index contributed by atoms with van der Waals surface area (Å²) in [5.41, 5.74) is 5.79. The average molecular weight is 299 g/mol. The third kappa shape index (κ3) is 3.24. The SMILES string of the molecule is NC(CCC(=O)O)c1cc(Cl)c(Br)s1. The van der Waals surface area contributed by atoms with Crippen LogP contribution < -0.4 is 5.73 Å². The van der Waals surface area contributed by atoms with E-state index in [1.807, 2.05) is 0 Å². The molecule has 14 heavy (non-hydrogen) atoms. The van der Waals surface area contributed by atoms with Crippen LogP contribution in [0.2, 0.25) is 5.02 Å². The lowest BCUT2D eigenvalue weighted by molar-refractivity contribution is -0.137. The zero-order valence-corrected chi connectivity index (χ0v) is 10.3. The Morgan fingerprint density at radius 1 is 1.79 bits per heavy atom. The fraction of sp³-hybridized carbons (Fsp3) is 0.375. The van der Waals surface area contributed by atoms with Gasteiger partial charge in [-0.3, -0.25) is 4.79 Å². The molecule has 3 N–H and O–H groups in total. The molecular weight excluding hydrogens is 290 g/mol. The Bertz CT molecular complexity index is 323. The third-order valence-electron chi connectivity index (χ3n) is 1.70. The van der Waals surface area contributed by atoms with E-state index in [1.54, 1.807) is 6.07 Å². The van der Waals surface area contributed by atoms with Gasteiger partial charge in [0.25, 0.3) is 0 Å². The third-order valence-corrected chi connectivity index (χ3v) is 4.31. The lowest BCUT2D eigenvalue weighted by Gasteiger charge is -2.06. The second-order valence-corrected chi connectivity index (χ2v) is 5.62. The molecule has 78 valence electrons. The molecule has 1 atom stereocenters. The van der Waals surface area contributed by atoms with Crippen molar-refractivity contribution in [3.8, 4) is 0 Å². The number of hydrogen-bond acceptors (Lipinski definition) is 3. The molecule has 0 aliphatic heterocycles. The number of carboxylic acids is 1. The van der Waals surface area contributed by atoms with Crippen LogP contribution in [-0.2, 0) is 4.79 Å². The molecule has 3 nitrogen and oxygen atoms in total. The highest BCUT2D eigenvalue weighted by Crippen LogP contribution is 2.35. The second-order valence-electron chi connectivity index (χ2n) is 2.81. The molecule has 0 spiro atoms. The number of aliphatic carboxylic acids is 1. The van der Waals surface area contributed by atoms with Crippen LogP contribution in [0.1, 0.15) is 23.8 Å². The highest BCUT2D eigenvalue weighted by Gasteiger charge is 2.13. The van der Waals surface area contributed by atoms with E-state index in [1.165, 1.54) is 11.3 Å². The van der Waals surface area contributed by atoms with Crippen LogP contribution in [0, 0.1) is 0 Å². The number of thiophene rings is 1. The Hall–Kier alpha value is -0.100. The van der Waals surface area contributed by atoms with Gasteiger partial charge in [0.15, 0.2) is 0 Å². The summed E-state index contributed by atoms with van der Waals surface area (Å²) in [6, 6.07) is 1.52. The van der Waals surface area contributed by atoms with Gasteiger partial charge in [-0.15, -0.1) is 11.3 Å². The first kappa shape index (κ1) is 12.0. The van der Waals surface area contributed by atoms with Crippen molar-refractivity contribution in [1.82, 2.24) is 0 Å². The summed E-state index contributed by atoms with van der Waals surface area (Å²) in [5, 5.41) is 9.10. The normalized spacial score (nSPS) is 12.8. The van der Waals surface area contributed by atoms with E-state index < -0.39 is 5.97 Å². The summed E-state index contributed by atoms with van der Waals surface area (Å²) in [7, 11) is 0. The molecule has 6 heteroatoms. The highest BCUT2D eigenvalue weighted by atomic mass is 79.9. The molecule has 1 heterocycles. The fourth-order valence-corrected chi connectivity index (χ4v) is 2.75. The minimum absolute atomic E-state index is 0.0777. The van der Waals surface area contributed by atoms with Crippen molar-refractivity contribution >= 4 is 44.8 Å². The summed E-state index contributed by atoms with van der Waals surface area (Å²) >= 11 is 10.5. The van der Waals surface area contributed by atoms with Gasteiger partial charge in [-0.1, -0.05) is 11.6 Å². The van der Waals surface area contributed by atoms with Crippen LogP contribution in [0.5, 0.6) is 0 Å². The van der Waals surface area contributed by atoms with Crippen molar-refractivity contribution < 1.29 is 9.90 Å². The van der Waals surface area contributed by atoms with Gasteiger partial charge in [0.2, 0.25) is 0 Å². The van der Waals surface area contributed by atoms with Crippen molar-refractivity contribution in [3.05, 3.63) is 19.8 Å². The molecule has 0 aromatic carbocycles. The molecule has 0 bridgehead atoms. The van der Waals surface area contributed by atoms with E-state index in [0.29, 0.717) is 11.4 Å². The van der Waals surface area contributed by atoms with Gasteiger partial charge in [0.1, 0.15) is 0 Å². The van der Waals surface area contributed by atoms with Crippen molar-refractivity contribution in [3.63, 3.8) is 0 Å². The molecule has 0 amide bonds. The molecule has 0 saturated heterocycles. The molecule has 1 unspecified atom stereocenters. The van der Waals surface area contributed by atoms with Crippen LogP contribution in [0.25, 0.3) is 0 Å². The summed E-state index contributed by atoms with van der Waals surface area (Å²) in [6.07, 6.45) is 0.507. The lowest BCUT2D eigenvalue weighted by Crippen LogP contribution is -2.10. The molecule has 0 aliphatic carbocycles. The van der Waals surface area contributed by atoms with Crippen molar-refractivity contribution in [1.29, 1.82) is 0 Å². The summed E-state index contributed by atoms with van der Waals surface area (Å²) in [5.74, 6) is -0.831. The van der Waals surface area contributed by atoms with Crippen molar-refractivity contribution in [2.45, 2.75) is 18.9 Å². The van der Waals surface area contributed by atoms with Gasteiger partial charge in [0.05, 0.1) is 8.81 Å². The first-order valence-corrected chi connectivity index (χ1v) is 5.91. The maximum absolute atomic E-state index is 10.3. The van der Waals surface area contributed by atoms with Gasteiger partial charge in [-0.2, -0.15) is 0 Å². The number of hydrogen-bond donors (Lipinski definition) is 2. The van der Waals surface area contributed by atoms with Gasteiger partial charge in [-0.25, -0.2) is 0 Å². The molecule has 1 aromatic heterocycles. The molecule has 0 radical (unpaired) electrons. The highest BCUT2D eigenvalue weighted by molar-refractivity contribution is 9.11. The Balaban J connectivity index is 2.60. The largest absolute Gasteiger partial charge is 0.481 e. The van der Waals surface area contributed by atoms with Gasteiger partial charge in [0, 0.05) is 17.3 Å². The topological polar surface area (TPSA) is 63.3 Å². The quantitative estimate of drug-likeness (QED) is 0.898. The van der Waals surface area contributed by atoms with E-state index in [0.717, 1.165) is 8.66 Å². The zero-order valence-electron chi connectivity index (χ0n) is 7.17. The minimum Gasteiger partial charge on any atom is -0.481 e. The smallest absolute Gasteiger partial charge is 0.303 e. The van der Waals surface area contributed by atoms with Crippen molar-refractivity contribution in [2.75, 3.05) is 0 Å². The number of nitrogens with two attached hydrogens (primary N) is 1. The molecule has 0 fully saturated rings. The van der Waals surface area contributed by atoms with Crippen LogP contribution >= 0.6 is 38.9 Å². The maximum Gasteiger partial charge on any atom is 0.303 e. The maximum atomic E-state index is 10.3. The van der Waals surface area contributed by atoms with E-state index in [-0.39, 0.29) is 12.5 Å². The van der Waals surface area contributed by atoms with Crippen LogP contribution in [0.3, 0.4) is 0 Å². The standard InChI is InChI=1S/C8H9BrClNO2S/c9-8-4(10)3-6(14-8)5(11)1-2-7(12)13/h3,5H,1-2,11H2,(H,12,13). The molecule has 0 aliphatic rings. The zero-order chi connectivity index (χ0) is 10.7. The summed E-state index contributed by atoms with van der Waals surface area (Å²) in [6.45, 7) is 0. The first-order chi connectivity index (χ1) is 6.50. The van der Waals surface area contributed by atoms with E-state index in [4.69, 9.17) is 22.4 Å². The molecule has 1 rings (SSSR count). The number of carbonyl (C=O) groups is 1. The van der Waals surface area contributed by atoms with Crippen LogP contribution in [-0.4, -0.2) is 11.1 Å². The molecular formula is C8H9BrClNO2S. The van der Waals surface area contributed by atoms with E-state index in [2.05, 4.69) is 15.9 Å². The Morgan fingerprint density at radius 3 is 2.86 bits per heavy atom. The van der Waals surface area contributed by atoms with Gasteiger partial charge in [-0.05, 0) is 28.4 Å².